The van der Waals surface area contributed by atoms with Gasteiger partial charge in [0, 0.05) is 21.5 Å². The maximum atomic E-state index is 12.1. The molecule has 138 valence electrons. The van der Waals surface area contributed by atoms with Crippen LogP contribution in [0.5, 0.6) is 0 Å². The highest BCUT2D eigenvalue weighted by molar-refractivity contribution is 7.89. The van der Waals surface area contributed by atoms with Crippen LogP contribution in [0.2, 0.25) is 0 Å². The van der Waals surface area contributed by atoms with E-state index in [1.54, 1.807) is 36.5 Å². The molecule has 1 amide bonds. The second-order valence-corrected chi connectivity index (χ2v) is 8.56. The van der Waals surface area contributed by atoms with Gasteiger partial charge in [0.2, 0.25) is 15.9 Å². The molecule has 0 atom stereocenters. The van der Waals surface area contributed by atoms with Crippen molar-refractivity contribution >= 4 is 39.0 Å². The van der Waals surface area contributed by atoms with Gasteiger partial charge in [-0.2, -0.15) is 0 Å². The first-order valence-corrected chi connectivity index (χ1v) is 10.5. The molecule has 0 aliphatic heterocycles. The molecule has 0 radical (unpaired) electrons. The summed E-state index contributed by atoms with van der Waals surface area (Å²) in [4.78, 5) is 14.2. The van der Waals surface area contributed by atoms with Crippen LogP contribution >= 0.6 is 11.3 Å². The van der Waals surface area contributed by atoms with Gasteiger partial charge < -0.3 is 5.32 Å². The van der Waals surface area contributed by atoms with E-state index >= 15 is 0 Å². The zero-order valence-electron chi connectivity index (χ0n) is 14.5. The molecule has 3 N–H and O–H groups in total. The van der Waals surface area contributed by atoms with Crippen molar-refractivity contribution in [3.8, 4) is 10.4 Å². The van der Waals surface area contributed by atoms with Crippen molar-refractivity contribution in [2.45, 2.75) is 11.8 Å². The molecule has 0 aliphatic rings. The van der Waals surface area contributed by atoms with Gasteiger partial charge in [0.1, 0.15) is 0 Å². The van der Waals surface area contributed by atoms with E-state index in [1.807, 2.05) is 42.5 Å². The molecule has 1 aromatic heterocycles. The number of amides is 1. The average Bonchev–Trinajstić information content (AvgIpc) is 3.10. The molecule has 3 rings (SSSR count). The molecule has 7 heteroatoms. The quantitative estimate of drug-likeness (QED) is 0.636. The minimum absolute atomic E-state index is 0.00459. The van der Waals surface area contributed by atoms with E-state index in [4.69, 9.17) is 5.14 Å². The van der Waals surface area contributed by atoms with E-state index in [-0.39, 0.29) is 10.8 Å². The molecule has 27 heavy (non-hydrogen) atoms. The van der Waals surface area contributed by atoms with Crippen LogP contribution in [-0.2, 0) is 14.8 Å². The van der Waals surface area contributed by atoms with E-state index in [2.05, 4.69) is 5.32 Å². The van der Waals surface area contributed by atoms with E-state index < -0.39 is 10.0 Å². The van der Waals surface area contributed by atoms with Gasteiger partial charge in [0.05, 0.1) is 4.90 Å². The molecule has 0 fully saturated rings. The summed E-state index contributed by atoms with van der Waals surface area (Å²) in [6, 6.07) is 18.5. The number of nitrogens with one attached hydrogen (secondary N) is 1. The zero-order chi connectivity index (χ0) is 19.4. The Morgan fingerprint density at radius 3 is 2.52 bits per heavy atom. The number of anilines is 1. The molecular formula is C20H18N2O3S2. The number of primary sulfonamides is 1. The Bertz CT molecular complexity index is 1100. The molecule has 0 saturated carbocycles. The number of carbonyl (C=O) groups excluding carboxylic acids is 1. The van der Waals surface area contributed by atoms with Gasteiger partial charge in [0.15, 0.2) is 0 Å². The predicted octanol–water partition coefficient (Wildman–Crippen LogP) is 4.02. The third-order valence-corrected chi connectivity index (χ3v) is 6.00. The molecule has 0 aliphatic carbocycles. The van der Waals surface area contributed by atoms with Gasteiger partial charge in [-0.15, -0.1) is 11.3 Å². The fraction of sp³-hybridized carbons (Fsp3) is 0.0500. The van der Waals surface area contributed by atoms with Crippen LogP contribution in [0, 0.1) is 6.92 Å². The molecule has 0 bridgehead atoms. The lowest BCUT2D eigenvalue weighted by Crippen LogP contribution is -2.15. The molecule has 5 nitrogen and oxygen atoms in total. The molecule has 0 spiro atoms. The first kappa shape index (κ1) is 19.0. The highest BCUT2D eigenvalue weighted by atomic mass is 32.2. The van der Waals surface area contributed by atoms with Gasteiger partial charge in [-0.25, -0.2) is 13.6 Å². The van der Waals surface area contributed by atoms with Crippen molar-refractivity contribution in [1.29, 1.82) is 0 Å². The second kappa shape index (κ2) is 7.87. The van der Waals surface area contributed by atoms with Crippen molar-refractivity contribution in [3.63, 3.8) is 0 Å². The Labute approximate surface area is 162 Å². The number of hydrogen-bond acceptors (Lipinski definition) is 4. The van der Waals surface area contributed by atoms with Gasteiger partial charge in [-0.05, 0) is 48.4 Å². The first-order chi connectivity index (χ1) is 12.8. The molecule has 1 heterocycles. The van der Waals surface area contributed by atoms with E-state index in [9.17, 15) is 13.2 Å². The summed E-state index contributed by atoms with van der Waals surface area (Å²) >= 11 is 1.58. The van der Waals surface area contributed by atoms with Crippen LogP contribution in [-0.4, -0.2) is 14.3 Å². The minimum atomic E-state index is -3.84. The lowest BCUT2D eigenvalue weighted by Gasteiger charge is -2.07. The van der Waals surface area contributed by atoms with Crippen LogP contribution in [0.15, 0.2) is 71.6 Å². The molecule has 3 aromatic rings. The van der Waals surface area contributed by atoms with Crippen LogP contribution in [0.4, 0.5) is 5.69 Å². The summed E-state index contributed by atoms with van der Waals surface area (Å²) in [5.74, 6) is -0.353. The number of nitrogens with two attached hydrogens (primary N) is 1. The van der Waals surface area contributed by atoms with Crippen molar-refractivity contribution in [3.05, 3.63) is 77.2 Å². The van der Waals surface area contributed by atoms with Crippen molar-refractivity contribution < 1.29 is 13.2 Å². The highest BCUT2D eigenvalue weighted by Crippen LogP contribution is 2.28. The van der Waals surface area contributed by atoms with Crippen LogP contribution in [0.3, 0.4) is 0 Å². The zero-order valence-corrected chi connectivity index (χ0v) is 16.2. The standard InChI is InChI=1S/C20H18N2O3S2/c1-14-7-8-16(13-19(14)27(21,24)25)22-20(23)12-10-17-9-11-18(26-17)15-5-3-2-4-6-15/h2-13H,1H3,(H,22,23)(H2,21,24,25)/b12-10+. The SMILES string of the molecule is Cc1ccc(NC(=O)/C=C/c2ccc(-c3ccccc3)s2)cc1S(N)(=O)=O. The van der Waals surface area contributed by atoms with Crippen molar-refractivity contribution in [2.24, 2.45) is 5.14 Å². The van der Waals surface area contributed by atoms with Crippen LogP contribution in [0.25, 0.3) is 16.5 Å². The third-order valence-electron chi connectivity index (χ3n) is 3.85. The third kappa shape index (κ3) is 4.91. The number of rotatable bonds is 5. The molecule has 2 aromatic carbocycles. The maximum absolute atomic E-state index is 12.1. The number of carbonyl (C=O) groups is 1. The first-order valence-electron chi connectivity index (χ1n) is 8.11. The highest BCUT2D eigenvalue weighted by Gasteiger charge is 2.12. The summed E-state index contributed by atoms with van der Waals surface area (Å²) in [5.41, 5.74) is 2.02. The Balaban J connectivity index is 1.71. The van der Waals surface area contributed by atoms with Crippen molar-refractivity contribution in [1.82, 2.24) is 0 Å². The van der Waals surface area contributed by atoms with Gasteiger partial charge in [-0.3, -0.25) is 4.79 Å². The topological polar surface area (TPSA) is 89.3 Å². The van der Waals surface area contributed by atoms with Gasteiger partial charge in [-0.1, -0.05) is 36.4 Å². The summed E-state index contributed by atoms with van der Waals surface area (Å²) < 4.78 is 23.1. The maximum Gasteiger partial charge on any atom is 0.248 e. The molecular weight excluding hydrogens is 380 g/mol. The van der Waals surface area contributed by atoms with E-state index in [0.717, 1.165) is 15.3 Å². The lowest BCUT2D eigenvalue weighted by atomic mass is 10.2. The Morgan fingerprint density at radius 2 is 1.81 bits per heavy atom. The average molecular weight is 399 g/mol. The molecule has 0 saturated heterocycles. The number of hydrogen-bond donors (Lipinski definition) is 2. The summed E-state index contributed by atoms with van der Waals surface area (Å²) in [5, 5.41) is 7.84. The Hall–Kier alpha value is -2.74. The van der Waals surface area contributed by atoms with Gasteiger partial charge >= 0.3 is 0 Å². The lowest BCUT2D eigenvalue weighted by molar-refractivity contribution is -0.111. The van der Waals surface area contributed by atoms with E-state index in [0.29, 0.717) is 11.3 Å². The fourth-order valence-corrected chi connectivity index (χ4v) is 4.25. The number of thiophene rings is 1. The predicted molar refractivity (Wildman–Crippen MR) is 110 cm³/mol. The summed E-state index contributed by atoms with van der Waals surface area (Å²) in [6.07, 6.45) is 3.14. The number of sulfonamides is 1. The monoisotopic (exact) mass is 398 g/mol. The number of aryl methyl sites for hydroxylation is 1. The van der Waals surface area contributed by atoms with Crippen molar-refractivity contribution in [2.75, 3.05) is 5.32 Å². The molecule has 0 unspecified atom stereocenters. The summed E-state index contributed by atoms with van der Waals surface area (Å²) in [7, 11) is -3.84. The minimum Gasteiger partial charge on any atom is -0.322 e. The number of benzene rings is 2. The van der Waals surface area contributed by atoms with Gasteiger partial charge in [0.25, 0.3) is 0 Å². The van der Waals surface area contributed by atoms with Crippen LogP contribution in [0.1, 0.15) is 10.4 Å². The Kier molecular flexibility index (Phi) is 5.55. The largest absolute Gasteiger partial charge is 0.322 e. The van der Waals surface area contributed by atoms with E-state index in [1.165, 1.54) is 12.1 Å². The smallest absolute Gasteiger partial charge is 0.248 e. The van der Waals surface area contributed by atoms with Crippen LogP contribution < -0.4 is 10.5 Å². The second-order valence-electron chi connectivity index (χ2n) is 5.92. The summed E-state index contributed by atoms with van der Waals surface area (Å²) in [6.45, 7) is 1.65. The normalized spacial score (nSPS) is 11.6. The fourth-order valence-electron chi connectivity index (χ4n) is 2.53. The Morgan fingerprint density at radius 1 is 1.07 bits per heavy atom.